The van der Waals surface area contributed by atoms with Gasteiger partial charge in [-0.1, -0.05) is 11.6 Å². The van der Waals surface area contributed by atoms with Crippen molar-refractivity contribution >= 4 is 23.2 Å². The average Bonchev–Trinajstić information content (AvgIpc) is 2.27. The third-order valence-corrected chi connectivity index (χ3v) is 2.21. The molecule has 0 spiro atoms. The molecule has 0 aliphatic carbocycles. The third kappa shape index (κ3) is 3.48. The predicted molar refractivity (Wildman–Crippen MR) is 66.3 cm³/mol. The zero-order valence-electron chi connectivity index (χ0n) is 9.01. The minimum Gasteiger partial charge on any atom is -0.398 e. The first-order valence-electron chi connectivity index (χ1n) is 4.88. The van der Waals surface area contributed by atoms with Crippen LogP contribution < -0.4 is 11.1 Å². The van der Waals surface area contributed by atoms with E-state index in [0.29, 0.717) is 29.2 Å². The first kappa shape index (κ1) is 12.4. The van der Waals surface area contributed by atoms with Gasteiger partial charge in [0.2, 0.25) is 0 Å². The van der Waals surface area contributed by atoms with E-state index in [1.165, 1.54) is 0 Å². The fourth-order valence-corrected chi connectivity index (χ4v) is 1.36. The minimum atomic E-state index is -0.224. The van der Waals surface area contributed by atoms with E-state index in [1.54, 1.807) is 25.1 Å². The number of carbonyl (C=O) groups excluding carboxylic acids is 1. The van der Waals surface area contributed by atoms with Gasteiger partial charge in [0, 0.05) is 23.7 Å². The molecule has 0 saturated heterocycles. The second-order valence-electron chi connectivity index (χ2n) is 3.16. The van der Waals surface area contributed by atoms with Crippen molar-refractivity contribution in [1.29, 1.82) is 0 Å². The molecule has 1 amide bonds. The number of halogens is 1. The first-order valence-corrected chi connectivity index (χ1v) is 5.25. The molecule has 0 heterocycles. The standard InChI is InChI=1S/C12H13ClN2O/c1-2-3-4-7-15-12(16)10-8-9(13)5-6-11(10)14/h5-6,8H,4,7,14H2,1H3,(H,15,16). The molecule has 0 aliphatic heterocycles. The fraction of sp³-hybridized carbons (Fsp3) is 0.250. The summed E-state index contributed by atoms with van der Waals surface area (Å²) in [5.74, 6) is 5.39. The van der Waals surface area contributed by atoms with E-state index in [4.69, 9.17) is 17.3 Å². The van der Waals surface area contributed by atoms with Crippen LogP contribution in [0, 0.1) is 11.8 Å². The Balaban J connectivity index is 2.64. The molecule has 1 aromatic carbocycles. The maximum absolute atomic E-state index is 11.7. The molecule has 0 unspecified atom stereocenters. The van der Waals surface area contributed by atoms with E-state index < -0.39 is 0 Å². The number of nitrogens with one attached hydrogen (secondary N) is 1. The van der Waals surface area contributed by atoms with Crippen LogP contribution >= 0.6 is 11.6 Å². The summed E-state index contributed by atoms with van der Waals surface area (Å²) < 4.78 is 0. The smallest absolute Gasteiger partial charge is 0.253 e. The van der Waals surface area contributed by atoms with Crippen LogP contribution in [-0.2, 0) is 0 Å². The predicted octanol–water partition coefficient (Wildman–Crippen LogP) is 2.07. The van der Waals surface area contributed by atoms with Gasteiger partial charge in [0.1, 0.15) is 0 Å². The van der Waals surface area contributed by atoms with Gasteiger partial charge in [-0.05, 0) is 25.1 Å². The van der Waals surface area contributed by atoms with E-state index in [0.717, 1.165) is 0 Å². The SMILES string of the molecule is CC#CCCNC(=O)c1cc(Cl)ccc1N. The summed E-state index contributed by atoms with van der Waals surface area (Å²) >= 11 is 5.79. The lowest BCUT2D eigenvalue weighted by atomic mass is 10.1. The number of amides is 1. The molecule has 0 bridgehead atoms. The molecule has 0 fully saturated rings. The summed E-state index contributed by atoms with van der Waals surface area (Å²) in [5, 5.41) is 3.21. The van der Waals surface area contributed by atoms with Crippen LogP contribution in [0.25, 0.3) is 0 Å². The molecule has 0 atom stereocenters. The number of carbonyl (C=O) groups is 1. The average molecular weight is 237 g/mol. The van der Waals surface area contributed by atoms with Gasteiger partial charge in [-0.25, -0.2) is 0 Å². The van der Waals surface area contributed by atoms with E-state index in [9.17, 15) is 4.79 Å². The molecule has 16 heavy (non-hydrogen) atoms. The van der Waals surface area contributed by atoms with E-state index in [-0.39, 0.29) is 5.91 Å². The van der Waals surface area contributed by atoms with E-state index in [1.807, 2.05) is 0 Å². The number of nitrogens with two attached hydrogens (primary N) is 1. The van der Waals surface area contributed by atoms with Gasteiger partial charge in [0.15, 0.2) is 0 Å². The van der Waals surface area contributed by atoms with Crippen LogP contribution in [0.2, 0.25) is 5.02 Å². The van der Waals surface area contributed by atoms with Crippen LogP contribution in [0.5, 0.6) is 0 Å². The summed E-state index contributed by atoms with van der Waals surface area (Å²) in [4.78, 5) is 11.7. The summed E-state index contributed by atoms with van der Waals surface area (Å²) in [7, 11) is 0. The molecule has 3 N–H and O–H groups in total. The molecular formula is C12H13ClN2O. The highest BCUT2D eigenvalue weighted by Crippen LogP contribution is 2.17. The van der Waals surface area contributed by atoms with Gasteiger partial charge in [0.05, 0.1) is 5.56 Å². The number of benzene rings is 1. The number of nitrogen functional groups attached to an aromatic ring is 1. The minimum absolute atomic E-state index is 0.224. The summed E-state index contributed by atoms with van der Waals surface area (Å²) in [6.07, 6.45) is 0.628. The Morgan fingerprint density at radius 1 is 1.56 bits per heavy atom. The number of hydrogen-bond acceptors (Lipinski definition) is 2. The molecule has 0 aliphatic rings. The van der Waals surface area contributed by atoms with Gasteiger partial charge in [-0.3, -0.25) is 4.79 Å². The lowest BCUT2D eigenvalue weighted by molar-refractivity contribution is 0.0955. The molecule has 84 valence electrons. The zero-order valence-corrected chi connectivity index (χ0v) is 9.77. The van der Waals surface area contributed by atoms with Gasteiger partial charge in [-0.15, -0.1) is 11.8 Å². The normalized spacial score (nSPS) is 9.12. The van der Waals surface area contributed by atoms with Crippen LogP contribution in [0.15, 0.2) is 18.2 Å². The monoisotopic (exact) mass is 236 g/mol. The van der Waals surface area contributed by atoms with Gasteiger partial charge in [0.25, 0.3) is 5.91 Å². The lowest BCUT2D eigenvalue weighted by Gasteiger charge is -2.06. The van der Waals surface area contributed by atoms with Crippen molar-refractivity contribution in [3.8, 4) is 11.8 Å². The van der Waals surface area contributed by atoms with Gasteiger partial charge >= 0.3 is 0 Å². The Kier molecular flexibility index (Phi) is 4.68. The molecular weight excluding hydrogens is 224 g/mol. The highest BCUT2D eigenvalue weighted by Gasteiger charge is 2.08. The van der Waals surface area contributed by atoms with Crippen molar-refractivity contribution in [3.05, 3.63) is 28.8 Å². The van der Waals surface area contributed by atoms with Crippen molar-refractivity contribution < 1.29 is 4.79 Å². The van der Waals surface area contributed by atoms with Gasteiger partial charge < -0.3 is 11.1 Å². The summed E-state index contributed by atoms with van der Waals surface area (Å²) in [6, 6.07) is 4.82. The lowest BCUT2D eigenvalue weighted by Crippen LogP contribution is -2.25. The molecule has 0 aromatic heterocycles. The molecule has 4 heteroatoms. The Morgan fingerprint density at radius 2 is 2.31 bits per heavy atom. The summed E-state index contributed by atoms with van der Waals surface area (Å²) in [5.41, 5.74) is 6.49. The molecule has 3 nitrogen and oxygen atoms in total. The van der Waals surface area contributed by atoms with E-state index in [2.05, 4.69) is 17.2 Å². The molecule has 0 saturated carbocycles. The highest BCUT2D eigenvalue weighted by atomic mass is 35.5. The zero-order chi connectivity index (χ0) is 12.0. The topological polar surface area (TPSA) is 55.1 Å². The Bertz CT molecular complexity index is 446. The third-order valence-electron chi connectivity index (χ3n) is 1.97. The first-order chi connectivity index (χ1) is 7.65. The molecule has 1 aromatic rings. The van der Waals surface area contributed by atoms with E-state index >= 15 is 0 Å². The van der Waals surface area contributed by atoms with Crippen LogP contribution in [0.1, 0.15) is 23.7 Å². The van der Waals surface area contributed by atoms with Crippen molar-refractivity contribution in [2.75, 3.05) is 12.3 Å². The summed E-state index contributed by atoms with van der Waals surface area (Å²) in [6.45, 7) is 2.27. The second-order valence-corrected chi connectivity index (χ2v) is 3.60. The molecule has 1 rings (SSSR count). The second kappa shape index (κ2) is 6.04. The van der Waals surface area contributed by atoms with Crippen LogP contribution in [0.3, 0.4) is 0 Å². The highest BCUT2D eigenvalue weighted by molar-refractivity contribution is 6.31. The number of hydrogen-bond donors (Lipinski definition) is 2. The van der Waals surface area contributed by atoms with Crippen molar-refractivity contribution in [1.82, 2.24) is 5.32 Å². The maximum atomic E-state index is 11.7. The Hall–Kier alpha value is -1.66. The molecule has 0 radical (unpaired) electrons. The van der Waals surface area contributed by atoms with Crippen LogP contribution in [-0.4, -0.2) is 12.5 Å². The number of rotatable bonds is 3. The largest absolute Gasteiger partial charge is 0.398 e. The quantitative estimate of drug-likeness (QED) is 0.480. The van der Waals surface area contributed by atoms with Crippen molar-refractivity contribution in [2.24, 2.45) is 0 Å². The Labute approximate surface area is 100.0 Å². The van der Waals surface area contributed by atoms with Gasteiger partial charge in [-0.2, -0.15) is 0 Å². The van der Waals surface area contributed by atoms with Crippen molar-refractivity contribution in [3.63, 3.8) is 0 Å². The fourth-order valence-electron chi connectivity index (χ4n) is 1.18. The van der Waals surface area contributed by atoms with Crippen molar-refractivity contribution in [2.45, 2.75) is 13.3 Å². The number of anilines is 1. The Morgan fingerprint density at radius 3 is 3.00 bits per heavy atom. The maximum Gasteiger partial charge on any atom is 0.253 e. The van der Waals surface area contributed by atoms with Crippen LogP contribution in [0.4, 0.5) is 5.69 Å².